The summed E-state index contributed by atoms with van der Waals surface area (Å²) in [4.78, 5) is 23.3. The first kappa shape index (κ1) is 21.3. The molecule has 0 fully saturated rings. The lowest BCUT2D eigenvalue weighted by Crippen LogP contribution is -2.40. The van der Waals surface area contributed by atoms with E-state index in [9.17, 15) is 4.79 Å². The number of nitrogens with zero attached hydrogens (tertiary/aromatic N) is 2. The average Bonchev–Trinajstić information content (AvgIpc) is 3.01. The second-order valence-electron chi connectivity index (χ2n) is 7.72. The predicted octanol–water partition coefficient (Wildman–Crippen LogP) is 5.61. The fraction of sp³-hybridized carbons (Fsp3) is 0.318. The third-order valence-corrected chi connectivity index (χ3v) is 5.82. The van der Waals surface area contributed by atoms with Crippen LogP contribution < -0.4 is 11.1 Å². The maximum atomic E-state index is 12.8. The molecule has 0 aliphatic rings. The van der Waals surface area contributed by atoms with Crippen molar-refractivity contribution in [3.8, 4) is 11.3 Å². The number of benzene rings is 1. The Hall–Kier alpha value is -2.38. The molecular formula is C22H26N4OS2. The maximum absolute atomic E-state index is 12.8. The number of carbonyl (C=O) groups is 1. The van der Waals surface area contributed by atoms with Gasteiger partial charge in [0, 0.05) is 11.1 Å². The van der Waals surface area contributed by atoms with E-state index < -0.39 is 0 Å². The number of carbonyl (C=O) groups excluding carboxylic acids is 1. The normalized spacial score (nSPS) is 12.0. The van der Waals surface area contributed by atoms with Crippen LogP contribution in [0.1, 0.15) is 49.4 Å². The fourth-order valence-corrected chi connectivity index (χ4v) is 4.29. The number of rotatable bonds is 5. The highest BCUT2D eigenvalue weighted by Gasteiger charge is 2.24. The summed E-state index contributed by atoms with van der Waals surface area (Å²) in [5, 5.41) is 4.38. The van der Waals surface area contributed by atoms with Gasteiger partial charge in [0.1, 0.15) is 9.71 Å². The number of anilines is 1. The number of hydrogen-bond acceptors (Lipinski definition) is 6. The van der Waals surface area contributed by atoms with Crippen molar-refractivity contribution in [2.45, 2.75) is 44.8 Å². The van der Waals surface area contributed by atoms with E-state index >= 15 is 0 Å². The Balaban J connectivity index is 2.13. The molecule has 1 aromatic carbocycles. The van der Waals surface area contributed by atoms with Gasteiger partial charge in [0.05, 0.1) is 16.8 Å². The summed E-state index contributed by atoms with van der Waals surface area (Å²) in [5.41, 5.74) is 9.37. The molecule has 5 nitrogen and oxygen atoms in total. The minimum atomic E-state index is -0.347. The van der Waals surface area contributed by atoms with Crippen molar-refractivity contribution in [3.05, 3.63) is 40.8 Å². The predicted molar refractivity (Wildman–Crippen MR) is 126 cm³/mol. The largest absolute Gasteiger partial charge is 0.397 e. The Kier molecular flexibility index (Phi) is 6.29. The molecule has 2 aromatic heterocycles. The summed E-state index contributed by atoms with van der Waals surface area (Å²) >= 11 is 2.78. The topological polar surface area (TPSA) is 80.9 Å². The van der Waals surface area contributed by atoms with Crippen molar-refractivity contribution < 1.29 is 4.79 Å². The van der Waals surface area contributed by atoms with Gasteiger partial charge >= 0.3 is 0 Å². The van der Waals surface area contributed by atoms with E-state index in [0.29, 0.717) is 15.7 Å². The number of nitrogens with one attached hydrogen (secondary N) is 1. The van der Waals surface area contributed by atoms with E-state index in [2.05, 4.69) is 41.5 Å². The average molecular weight is 427 g/mol. The van der Waals surface area contributed by atoms with Gasteiger partial charge in [-0.25, -0.2) is 9.97 Å². The number of nitrogens with two attached hydrogens (primary N) is 1. The Bertz CT molecular complexity index is 1060. The third kappa shape index (κ3) is 4.79. The van der Waals surface area contributed by atoms with Gasteiger partial charge in [-0.3, -0.25) is 4.79 Å². The Labute approximate surface area is 179 Å². The van der Waals surface area contributed by atoms with E-state index in [-0.39, 0.29) is 11.4 Å². The Morgan fingerprint density at radius 1 is 1.24 bits per heavy atom. The van der Waals surface area contributed by atoms with Crippen LogP contribution in [0.5, 0.6) is 0 Å². The molecule has 0 unspecified atom stereocenters. The summed E-state index contributed by atoms with van der Waals surface area (Å²) < 4.78 is 0. The highest BCUT2D eigenvalue weighted by Crippen LogP contribution is 2.39. The summed E-state index contributed by atoms with van der Waals surface area (Å²) in [6.45, 7) is 7.94. The van der Waals surface area contributed by atoms with E-state index in [0.717, 1.165) is 33.5 Å². The van der Waals surface area contributed by atoms with Gasteiger partial charge in [-0.15, -0.1) is 11.3 Å². The van der Waals surface area contributed by atoms with Crippen molar-refractivity contribution in [3.63, 3.8) is 0 Å². The van der Waals surface area contributed by atoms with Gasteiger partial charge in [0.15, 0.2) is 5.16 Å². The minimum Gasteiger partial charge on any atom is -0.397 e. The summed E-state index contributed by atoms with van der Waals surface area (Å²) in [5.74, 6) is -0.185. The smallest absolute Gasteiger partial charge is 0.263 e. The van der Waals surface area contributed by atoms with Crippen molar-refractivity contribution in [1.82, 2.24) is 15.3 Å². The highest BCUT2D eigenvalue weighted by atomic mass is 32.2. The van der Waals surface area contributed by atoms with E-state index in [4.69, 9.17) is 10.7 Å². The van der Waals surface area contributed by atoms with Crippen LogP contribution in [-0.2, 0) is 0 Å². The van der Waals surface area contributed by atoms with Crippen molar-refractivity contribution in [1.29, 1.82) is 0 Å². The molecule has 1 amide bonds. The van der Waals surface area contributed by atoms with Gasteiger partial charge in [-0.05, 0) is 39.0 Å². The van der Waals surface area contributed by atoms with Crippen LogP contribution in [0.4, 0.5) is 5.69 Å². The number of thioether (sulfide) groups is 1. The summed E-state index contributed by atoms with van der Waals surface area (Å²) in [7, 11) is 0. The van der Waals surface area contributed by atoms with Gasteiger partial charge in [0.2, 0.25) is 0 Å². The molecule has 2 heterocycles. The van der Waals surface area contributed by atoms with E-state index in [1.807, 2.05) is 39.2 Å². The molecule has 0 bridgehead atoms. The molecule has 3 N–H and O–H groups in total. The number of allylic oxidation sites excluding steroid dienone is 1. The van der Waals surface area contributed by atoms with E-state index in [1.54, 1.807) is 0 Å². The van der Waals surface area contributed by atoms with Crippen LogP contribution in [0.3, 0.4) is 0 Å². The summed E-state index contributed by atoms with van der Waals surface area (Å²) in [6, 6.07) is 8.19. The van der Waals surface area contributed by atoms with Crippen molar-refractivity contribution in [2.75, 3.05) is 12.0 Å². The molecule has 7 heteroatoms. The molecule has 3 aromatic rings. The standard InChI is InChI=1S/C22H26N4OS2/c1-6-7-8-13-9-11-14(12-10-13)17-15-16(23)18(19(27)26-22(2,3)4)29-20(15)25-21(24-17)28-5/h7-12H,6,23H2,1-5H3,(H,26,27)/b8-7+. The van der Waals surface area contributed by atoms with Crippen LogP contribution in [0.25, 0.3) is 27.6 Å². The molecule has 0 saturated carbocycles. The number of hydrogen-bond donors (Lipinski definition) is 2. The van der Waals surface area contributed by atoms with Crippen molar-refractivity contribution >= 4 is 51.0 Å². The van der Waals surface area contributed by atoms with Crippen LogP contribution >= 0.6 is 23.1 Å². The third-order valence-electron chi connectivity index (χ3n) is 4.18. The second kappa shape index (κ2) is 8.55. The summed E-state index contributed by atoms with van der Waals surface area (Å²) in [6.07, 6.45) is 7.16. The number of aromatic nitrogens is 2. The van der Waals surface area contributed by atoms with Crippen LogP contribution in [-0.4, -0.2) is 27.7 Å². The van der Waals surface area contributed by atoms with Crippen LogP contribution in [0.2, 0.25) is 0 Å². The number of fused-ring (bicyclic) bond motifs is 1. The van der Waals surface area contributed by atoms with Gasteiger partial charge in [-0.1, -0.05) is 55.1 Å². The zero-order chi connectivity index (χ0) is 21.2. The number of nitrogen functional groups attached to an aromatic ring is 1. The fourth-order valence-electron chi connectivity index (χ4n) is 2.87. The van der Waals surface area contributed by atoms with Crippen LogP contribution in [0, 0.1) is 0 Å². The molecule has 152 valence electrons. The SMILES string of the molecule is CC/C=C/c1ccc(-c2nc(SC)nc3sc(C(=O)NC(C)(C)C)c(N)c23)cc1. The Morgan fingerprint density at radius 2 is 1.93 bits per heavy atom. The lowest BCUT2D eigenvalue weighted by atomic mass is 10.0. The lowest BCUT2D eigenvalue weighted by molar-refractivity contribution is 0.0924. The highest BCUT2D eigenvalue weighted by molar-refractivity contribution is 7.98. The molecule has 0 aliphatic heterocycles. The maximum Gasteiger partial charge on any atom is 0.263 e. The molecule has 0 aliphatic carbocycles. The molecule has 0 radical (unpaired) electrons. The number of thiophene rings is 1. The Morgan fingerprint density at radius 3 is 2.52 bits per heavy atom. The quantitative estimate of drug-likeness (QED) is 0.409. The molecule has 29 heavy (non-hydrogen) atoms. The molecule has 0 atom stereocenters. The second-order valence-corrected chi connectivity index (χ2v) is 9.49. The lowest BCUT2D eigenvalue weighted by Gasteiger charge is -2.20. The van der Waals surface area contributed by atoms with Crippen molar-refractivity contribution in [2.24, 2.45) is 0 Å². The first-order chi connectivity index (χ1) is 13.7. The zero-order valence-electron chi connectivity index (χ0n) is 17.4. The van der Waals surface area contributed by atoms with Gasteiger partial charge in [0.25, 0.3) is 5.91 Å². The molecular weight excluding hydrogens is 400 g/mol. The van der Waals surface area contributed by atoms with Crippen LogP contribution in [0.15, 0.2) is 35.5 Å². The molecule has 3 rings (SSSR count). The molecule has 0 spiro atoms. The number of amides is 1. The van der Waals surface area contributed by atoms with Gasteiger partial charge < -0.3 is 11.1 Å². The van der Waals surface area contributed by atoms with Gasteiger partial charge in [-0.2, -0.15) is 0 Å². The first-order valence-corrected chi connectivity index (χ1v) is 11.5. The monoisotopic (exact) mass is 426 g/mol. The first-order valence-electron chi connectivity index (χ1n) is 9.47. The minimum absolute atomic E-state index is 0.185. The molecule has 0 saturated heterocycles. The van der Waals surface area contributed by atoms with E-state index in [1.165, 1.54) is 23.1 Å². The zero-order valence-corrected chi connectivity index (χ0v) is 19.0.